The SMILES string of the molecule is CC(C)C(I)S(C)=O. The van der Waals surface area contributed by atoms with E-state index in [0.717, 1.165) is 0 Å². The summed E-state index contributed by atoms with van der Waals surface area (Å²) in [5.74, 6) is 0.529. The first-order chi connectivity index (χ1) is 3.55. The van der Waals surface area contributed by atoms with Crippen molar-refractivity contribution in [3.05, 3.63) is 0 Å². The molecule has 0 saturated carbocycles. The van der Waals surface area contributed by atoms with Gasteiger partial charge in [-0.1, -0.05) is 36.4 Å². The van der Waals surface area contributed by atoms with E-state index in [4.69, 9.17) is 0 Å². The molecule has 8 heavy (non-hydrogen) atoms. The van der Waals surface area contributed by atoms with Crippen molar-refractivity contribution in [2.45, 2.75) is 17.1 Å². The molecule has 0 bridgehead atoms. The smallest absolute Gasteiger partial charge is 0.0883 e. The molecule has 3 heteroatoms. The molecular weight excluding hydrogens is 235 g/mol. The molecule has 0 heterocycles. The van der Waals surface area contributed by atoms with Gasteiger partial charge in [-0.2, -0.15) is 0 Å². The Kier molecular flexibility index (Phi) is 4.24. The maximum absolute atomic E-state index is 10.7. The van der Waals surface area contributed by atoms with Crippen molar-refractivity contribution in [2.75, 3.05) is 6.26 Å². The van der Waals surface area contributed by atoms with Crippen molar-refractivity contribution in [3.63, 3.8) is 0 Å². The van der Waals surface area contributed by atoms with Crippen LogP contribution in [0.5, 0.6) is 0 Å². The van der Waals surface area contributed by atoms with Crippen LogP contribution >= 0.6 is 22.6 Å². The van der Waals surface area contributed by atoms with Crippen molar-refractivity contribution in [2.24, 2.45) is 5.92 Å². The van der Waals surface area contributed by atoms with Crippen molar-refractivity contribution < 1.29 is 4.21 Å². The van der Waals surface area contributed by atoms with Gasteiger partial charge in [0.1, 0.15) is 0 Å². The van der Waals surface area contributed by atoms with Crippen LogP contribution in [0.2, 0.25) is 0 Å². The highest BCUT2D eigenvalue weighted by atomic mass is 127. The minimum atomic E-state index is -0.654. The second-order valence-corrected chi connectivity index (χ2v) is 5.79. The Morgan fingerprint density at radius 2 is 1.88 bits per heavy atom. The first-order valence-corrected chi connectivity index (χ1v) is 5.38. The molecule has 0 rings (SSSR count). The van der Waals surface area contributed by atoms with E-state index in [9.17, 15) is 4.21 Å². The summed E-state index contributed by atoms with van der Waals surface area (Å²) in [7, 11) is -0.654. The summed E-state index contributed by atoms with van der Waals surface area (Å²) in [5.41, 5.74) is 0. The van der Waals surface area contributed by atoms with Crippen LogP contribution < -0.4 is 0 Å². The van der Waals surface area contributed by atoms with E-state index in [1.165, 1.54) is 0 Å². The van der Waals surface area contributed by atoms with Crippen molar-refractivity contribution in [1.82, 2.24) is 0 Å². The molecule has 2 atom stereocenters. The first-order valence-electron chi connectivity index (χ1n) is 2.52. The third kappa shape index (κ3) is 3.02. The van der Waals surface area contributed by atoms with E-state index < -0.39 is 10.8 Å². The van der Waals surface area contributed by atoms with Crippen molar-refractivity contribution in [1.29, 1.82) is 0 Å². The van der Waals surface area contributed by atoms with Crippen molar-refractivity contribution in [3.8, 4) is 0 Å². The number of rotatable bonds is 2. The number of halogens is 1. The fraction of sp³-hybridized carbons (Fsp3) is 1.00. The molecule has 0 aromatic rings. The summed E-state index contributed by atoms with van der Waals surface area (Å²) >= 11 is 2.22. The molecule has 0 radical (unpaired) electrons. The fourth-order valence-corrected chi connectivity index (χ4v) is 1.15. The first kappa shape index (κ1) is 8.88. The quantitative estimate of drug-likeness (QED) is 0.536. The molecule has 0 saturated heterocycles. The Hall–Kier alpha value is 0.880. The molecule has 0 fully saturated rings. The van der Waals surface area contributed by atoms with Crippen LogP contribution in [0.15, 0.2) is 0 Å². The zero-order chi connectivity index (χ0) is 6.73. The van der Waals surface area contributed by atoms with E-state index in [1.54, 1.807) is 6.26 Å². The lowest BCUT2D eigenvalue weighted by molar-refractivity contribution is 0.663. The lowest BCUT2D eigenvalue weighted by atomic mass is 10.3. The van der Waals surface area contributed by atoms with Gasteiger partial charge in [-0.3, -0.25) is 4.21 Å². The van der Waals surface area contributed by atoms with E-state index >= 15 is 0 Å². The summed E-state index contributed by atoms with van der Waals surface area (Å²) in [6.07, 6.45) is 1.75. The minimum Gasteiger partial charge on any atom is -0.259 e. The van der Waals surface area contributed by atoms with Crippen LogP contribution in [-0.4, -0.2) is 13.7 Å². The predicted molar refractivity (Wildman–Crippen MR) is 46.7 cm³/mol. The largest absolute Gasteiger partial charge is 0.259 e. The Balaban J connectivity index is 3.64. The molecule has 0 aromatic carbocycles. The average Bonchev–Trinajstić information content (AvgIpc) is 1.64. The highest BCUT2D eigenvalue weighted by Gasteiger charge is 2.11. The Bertz CT molecular complexity index is 92.4. The highest BCUT2D eigenvalue weighted by Crippen LogP contribution is 2.14. The topological polar surface area (TPSA) is 17.1 Å². The molecule has 0 aliphatic heterocycles. The van der Waals surface area contributed by atoms with E-state index in [0.29, 0.717) is 9.17 Å². The summed E-state index contributed by atoms with van der Waals surface area (Å²) in [4.78, 5) is 0. The van der Waals surface area contributed by atoms with E-state index in [2.05, 4.69) is 36.4 Å². The lowest BCUT2D eigenvalue weighted by Crippen LogP contribution is -2.11. The van der Waals surface area contributed by atoms with Gasteiger partial charge in [0.2, 0.25) is 0 Å². The van der Waals surface area contributed by atoms with Gasteiger partial charge in [-0.25, -0.2) is 0 Å². The second-order valence-electron chi connectivity index (χ2n) is 2.09. The van der Waals surface area contributed by atoms with Crippen LogP contribution in [0.1, 0.15) is 13.8 Å². The van der Waals surface area contributed by atoms with Gasteiger partial charge < -0.3 is 0 Å². The molecule has 2 unspecified atom stereocenters. The molecule has 1 nitrogen and oxygen atoms in total. The van der Waals surface area contributed by atoms with Gasteiger partial charge >= 0.3 is 0 Å². The van der Waals surface area contributed by atoms with Gasteiger partial charge in [0.15, 0.2) is 0 Å². The molecule has 0 aromatic heterocycles. The van der Waals surface area contributed by atoms with Crippen LogP contribution in [0.25, 0.3) is 0 Å². The molecule has 50 valence electrons. The monoisotopic (exact) mass is 246 g/mol. The third-order valence-electron chi connectivity index (χ3n) is 0.841. The number of hydrogen-bond donors (Lipinski definition) is 0. The third-order valence-corrected chi connectivity index (χ3v) is 5.61. The zero-order valence-electron chi connectivity index (χ0n) is 5.35. The van der Waals surface area contributed by atoms with Crippen LogP contribution in [0.3, 0.4) is 0 Å². The average molecular weight is 246 g/mol. The number of hydrogen-bond acceptors (Lipinski definition) is 1. The standard InChI is InChI=1S/C5H11IOS/c1-4(2)5(6)8(3)7/h4-5H,1-3H3. The Morgan fingerprint density at radius 3 is 1.88 bits per heavy atom. The maximum Gasteiger partial charge on any atom is 0.0883 e. The highest BCUT2D eigenvalue weighted by molar-refractivity contribution is 14.1. The van der Waals surface area contributed by atoms with Gasteiger partial charge in [0.25, 0.3) is 0 Å². The molecule has 0 aliphatic carbocycles. The van der Waals surface area contributed by atoms with E-state index in [-0.39, 0.29) is 0 Å². The lowest BCUT2D eigenvalue weighted by Gasteiger charge is -2.08. The number of alkyl halides is 1. The maximum atomic E-state index is 10.7. The predicted octanol–water partition coefficient (Wildman–Crippen LogP) is 1.78. The molecular formula is C5H11IOS. The van der Waals surface area contributed by atoms with Gasteiger partial charge in [-0.15, -0.1) is 0 Å². The summed E-state index contributed by atoms with van der Waals surface area (Å²) < 4.78 is 11.0. The van der Waals surface area contributed by atoms with Crippen molar-refractivity contribution >= 4 is 33.4 Å². The summed E-state index contributed by atoms with van der Waals surface area (Å²) in [6, 6.07) is 0. The Morgan fingerprint density at radius 1 is 1.50 bits per heavy atom. The zero-order valence-corrected chi connectivity index (χ0v) is 8.32. The summed E-state index contributed by atoms with van der Waals surface area (Å²) in [6.45, 7) is 4.16. The van der Waals surface area contributed by atoms with Crippen LogP contribution in [0, 0.1) is 5.92 Å². The van der Waals surface area contributed by atoms with Gasteiger partial charge in [0.05, 0.1) is 3.26 Å². The fourth-order valence-electron chi connectivity index (χ4n) is 0.383. The molecule has 0 aliphatic rings. The van der Waals surface area contributed by atoms with Crippen LogP contribution in [-0.2, 0) is 10.8 Å². The van der Waals surface area contributed by atoms with Crippen LogP contribution in [0.4, 0.5) is 0 Å². The molecule has 0 spiro atoms. The second kappa shape index (κ2) is 3.82. The normalized spacial score (nSPS) is 18.6. The van der Waals surface area contributed by atoms with Gasteiger partial charge in [0, 0.05) is 17.1 Å². The Labute approximate surface area is 66.8 Å². The summed E-state index contributed by atoms with van der Waals surface area (Å²) in [5, 5.41) is 0. The molecule has 0 amide bonds. The molecule has 0 N–H and O–H groups in total. The van der Waals surface area contributed by atoms with Gasteiger partial charge in [-0.05, 0) is 5.92 Å². The van der Waals surface area contributed by atoms with E-state index in [1.807, 2.05) is 0 Å². The minimum absolute atomic E-state index is 0.313.